The minimum atomic E-state index is -0.106. The molecule has 0 bridgehead atoms. The highest BCUT2D eigenvalue weighted by Crippen LogP contribution is 2.33. The van der Waals surface area contributed by atoms with Crippen LogP contribution in [0, 0.1) is 0 Å². The summed E-state index contributed by atoms with van der Waals surface area (Å²) in [5, 5.41) is 14.4. The topological polar surface area (TPSA) is 95.0 Å². The van der Waals surface area contributed by atoms with Crippen molar-refractivity contribution >= 4 is 5.84 Å². The van der Waals surface area contributed by atoms with E-state index in [0.717, 1.165) is 41.2 Å². The largest absolute Gasteiger partial charge is 0.362 e. The predicted octanol–water partition coefficient (Wildman–Crippen LogP) is 3.89. The number of ether oxygens (including phenoxy) is 2. The van der Waals surface area contributed by atoms with Crippen LogP contribution in [0.15, 0.2) is 65.4 Å². The summed E-state index contributed by atoms with van der Waals surface area (Å²) in [7, 11) is 3.46. The Morgan fingerprint density at radius 2 is 1.73 bits per heavy atom. The Hall–Kier alpha value is -3.76. The molecule has 0 spiro atoms. The maximum Gasteiger partial charge on any atom is 0.180 e. The molecule has 3 heterocycles. The van der Waals surface area contributed by atoms with E-state index in [0.29, 0.717) is 12.5 Å². The maximum absolute atomic E-state index is 5.69. The second-order valence-corrected chi connectivity index (χ2v) is 9.27. The van der Waals surface area contributed by atoms with E-state index in [-0.39, 0.29) is 18.6 Å². The molecule has 2 aliphatic rings. The smallest absolute Gasteiger partial charge is 0.180 e. The number of nitrogens with zero attached hydrogens (tertiary/aromatic N) is 7. The molecule has 3 aromatic rings. The summed E-state index contributed by atoms with van der Waals surface area (Å²) in [6.07, 6.45) is 2.97. The first-order valence-electron chi connectivity index (χ1n) is 12.6. The first-order chi connectivity index (χ1) is 18.0. The second kappa shape index (κ2) is 10.7. The number of tetrazole rings is 1. The van der Waals surface area contributed by atoms with Crippen molar-refractivity contribution in [1.82, 2.24) is 35.3 Å². The van der Waals surface area contributed by atoms with E-state index in [1.807, 2.05) is 18.2 Å². The number of aromatic nitrogens is 4. The molecule has 1 N–H and O–H groups in total. The molecular weight excluding hydrogens is 468 g/mol. The SMILES string of the molecule is CCC1N=C2C(=CN(C(C)OC)CN2C(C)OC)N1Cc1ccc(-c2ccccc2-c2nnn[nH]2)cc1. The molecule has 1 aromatic heterocycles. The Balaban J connectivity index is 1.42. The third-order valence-corrected chi connectivity index (χ3v) is 7.14. The van der Waals surface area contributed by atoms with Gasteiger partial charge >= 0.3 is 0 Å². The number of amidine groups is 1. The molecular formula is C27H34N8O2. The van der Waals surface area contributed by atoms with Crippen LogP contribution >= 0.6 is 0 Å². The Labute approximate surface area is 217 Å². The number of benzene rings is 2. The molecule has 0 radical (unpaired) electrons. The van der Waals surface area contributed by atoms with Gasteiger partial charge in [-0.15, -0.1) is 5.10 Å². The van der Waals surface area contributed by atoms with E-state index >= 15 is 0 Å². The fourth-order valence-corrected chi connectivity index (χ4v) is 4.83. The normalized spacial score (nSPS) is 18.9. The zero-order chi connectivity index (χ0) is 25.9. The van der Waals surface area contributed by atoms with Crippen molar-refractivity contribution in [3.05, 3.63) is 66.0 Å². The summed E-state index contributed by atoms with van der Waals surface area (Å²) in [6, 6.07) is 16.8. The average molecular weight is 503 g/mol. The van der Waals surface area contributed by atoms with E-state index in [9.17, 15) is 0 Å². The van der Waals surface area contributed by atoms with Crippen LogP contribution in [0.5, 0.6) is 0 Å². The molecule has 2 aliphatic heterocycles. The van der Waals surface area contributed by atoms with E-state index in [1.54, 1.807) is 14.2 Å². The Morgan fingerprint density at radius 3 is 2.38 bits per heavy atom. The van der Waals surface area contributed by atoms with Crippen molar-refractivity contribution in [3.63, 3.8) is 0 Å². The van der Waals surface area contributed by atoms with Gasteiger partial charge in [0.05, 0.1) is 12.4 Å². The van der Waals surface area contributed by atoms with Gasteiger partial charge < -0.3 is 24.2 Å². The maximum atomic E-state index is 5.69. The van der Waals surface area contributed by atoms with E-state index in [4.69, 9.17) is 14.5 Å². The zero-order valence-corrected chi connectivity index (χ0v) is 22.0. The number of rotatable bonds is 9. The molecule has 0 saturated carbocycles. The van der Waals surface area contributed by atoms with Crippen LogP contribution in [0.4, 0.5) is 0 Å². The van der Waals surface area contributed by atoms with Gasteiger partial charge in [0, 0.05) is 32.5 Å². The van der Waals surface area contributed by atoms with Crippen molar-refractivity contribution < 1.29 is 9.47 Å². The second-order valence-electron chi connectivity index (χ2n) is 9.27. The molecule has 194 valence electrons. The molecule has 2 aromatic carbocycles. The van der Waals surface area contributed by atoms with Crippen LogP contribution in [0.1, 0.15) is 32.8 Å². The number of methoxy groups -OCH3 is 2. The van der Waals surface area contributed by atoms with Crippen LogP contribution in [-0.2, 0) is 16.0 Å². The lowest BCUT2D eigenvalue weighted by Crippen LogP contribution is -2.52. The van der Waals surface area contributed by atoms with Gasteiger partial charge in [-0.05, 0) is 47.4 Å². The first kappa shape index (κ1) is 24.9. The lowest BCUT2D eigenvalue weighted by Gasteiger charge is -2.42. The summed E-state index contributed by atoms with van der Waals surface area (Å²) in [6.45, 7) is 7.69. The van der Waals surface area contributed by atoms with Gasteiger partial charge in [-0.1, -0.05) is 55.5 Å². The Kier molecular flexibility index (Phi) is 7.20. The number of H-pyrrole nitrogens is 1. The number of hydrogen-bond acceptors (Lipinski definition) is 9. The monoisotopic (exact) mass is 502 g/mol. The van der Waals surface area contributed by atoms with Crippen molar-refractivity contribution in [2.75, 3.05) is 20.9 Å². The van der Waals surface area contributed by atoms with Crippen molar-refractivity contribution in [2.24, 2.45) is 4.99 Å². The van der Waals surface area contributed by atoms with Gasteiger partial charge in [-0.2, -0.15) is 0 Å². The lowest BCUT2D eigenvalue weighted by molar-refractivity contribution is -0.0510. The molecule has 10 nitrogen and oxygen atoms in total. The van der Waals surface area contributed by atoms with Gasteiger partial charge in [0.2, 0.25) is 0 Å². The molecule has 3 atom stereocenters. The van der Waals surface area contributed by atoms with E-state index in [1.165, 1.54) is 5.56 Å². The number of aliphatic imine (C=N–C) groups is 1. The molecule has 3 unspecified atom stereocenters. The fraction of sp³-hybridized carbons (Fsp3) is 0.407. The number of nitrogens with one attached hydrogen (secondary N) is 1. The molecule has 37 heavy (non-hydrogen) atoms. The van der Waals surface area contributed by atoms with Crippen LogP contribution in [0.2, 0.25) is 0 Å². The first-order valence-corrected chi connectivity index (χ1v) is 12.6. The van der Waals surface area contributed by atoms with E-state index < -0.39 is 0 Å². The standard InChI is InChI=1S/C27H34N8O2/c1-6-25-28-27-24(16-33(18(2)36-4)17-35(27)19(3)37-5)34(25)15-20-11-13-21(14-12-20)22-9-7-8-10-23(22)26-29-31-32-30-26/h7-14,16,18-19,25H,6,15,17H2,1-5H3,(H,29,30,31,32). The molecule has 10 heteroatoms. The molecule has 5 rings (SSSR count). The highest BCUT2D eigenvalue weighted by molar-refractivity contribution is 6.00. The van der Waals surface area contributed by atoms with Crippen molar-refractivity contribution in [2.45, 2.75) is 52.4 Å². The summed E-state index contributed by atoms with van der Waals surface area (Å²) in [5.41, 5.74) is 5.46. The van der Waals surface area contributed by atoms with Crippen LogP contribution in [0.25, 0.3) is 22.5 Å². The lowest BCUT2D eigenvalue weighted by atomic mass is 9.98. The Morgan fingerprint density at radius 1 is 1.00 bits per heavy atom. The quantitative estimate of drug-likeness (QED) is 0.471. The molecule has 0 amide bonds. The molecule has 0 aliphatic carbocycles. The van der Waals surface area contributed by atoms with Gasteiger partial charge in [0.15, 0.2) is 11.7 Å². The van der Waals surface area contributed by atoms with Gasteiger partial charge in [0.25, 0.3) is 0 Å². The van der Waals surface area contributed by atoms with Crippen molar-refractivity contribution in [1.29, 1.82) is 0 Å². The van der Waals surface area contributed by atoms with Crippen molar-refractivity contribution in [3.8, 4) is 22.5 Å². The third-order valence-electron chi connectivity index (χ3n) is 7.14. The van der Waals surface area contributed by atoms with E-state index in [2.05, 4.69) is 92.6 Å². The van der Waals surface area contributed by atoms with Crippen LogP contribution < -0.4 is 0 Å². The number of aromatic amines is 1. The fourth-order valence-electron chi connectivity index (χ4n) is 4.83. The average Bonchev–Trinajstić information content (AvgIpc) is 3.60. The summed E-state index contributed by atoms with van der Waals surface area (Å²) >= 11 is 0. The van der Waals surface area contributed by atoms with Gasteiger partial charge in [0.1, 0.15) is 18.6 Å². The van der Waals surface area contributed by atoms with Gasteiger partial charge in [-0.3, -0.25) is 0 Å². The van der Waals surface area contributed by atoms with Gasteiger partial charge in [-0.25, -0.2) is 10.1 Å². The highest BCUT2D eigenvalue weighted by Gasteiger charge is 2.39. The Bertz CT molecular complexity index is 1260. The summed E-state index contributed by atoms with van der Waals surface area (Å²) in [5.74, 6) is 1.63. The highest BCUT2D eigenvalue weighted by atomic mass is 16.5. The zero-order valence-electron chi connectivity index (χ0n) is 22.0. The number of fused-ring (bicyclic) bond motifs is 1. The molecule has 0 fully saturated rings. The summed E-state index contributed by atoms with van der Waals surface area (Å²) < 4.78 is 11.3. The van der Waals surface area contributed by atoms with Crippen LogP contribution in [-0.4, -0.2) is 80.7 Å². The minimum Gasteiger partial charge on any atom is -0.362 e. The number of hydrogen-bond donors (Lipinski definition) is 1. The molecule has 0 saturated heterocycles. The minimum absolute atomic E-state index is 0.0602. The van der Waals surface area contributed by atoms with Crippen LogP contribution in [0.3, 0.4) is 0 Å². The third kappa shape index (κ3) is 4.82. The predicted molar refractivity (Wildman–Crippen MR) is 142 cm³/mol. The summed E-state index contributed by atoms with van der Waals surface area (Å²) in [4.78, 5) is 11.9.